The molecule has 0 aliphatic carbocycles. The zero-order chi connectivity index (χ0) is 19.3. The number of carbonyl (C=O) groups excluding carboxylic acids is 2. The summed E-state index contributed by atoms with van der Waals surface area (Å²) in [5.74, 6) is -3.97. The maximum Gasteiger partial charge on any atom is 0.416 e. The van der Waals surface area contributed by atoms with Crippen molar-refractivity contribution in [3.8, 4) is 0 Å². The summed E-state index contributed by atoms with van der Waals surface area (Å²) in [6.45, 7) is -0.693. The van der Waals surface area contributed by atoms with Crippen molar-refractivity contribution in [1.29, 1.82) is 0 Å². The van der Waals surface area contributed by atoms with Crippen LogP contribution in [0.2, 0.25) is 0 Å². The minimum atomic E-state index is -4.46. The number of ketones is 1. The molecule has 0 N–H and O–H groups in total. The number of ether oxygens (including phenoxy) is 1. The average molecular weight is 370 g/mol. The van der Waals surface area contributed by atoms with Gasteiger partial charge in [0, 0.05) is 11.6 Å². The predicted molar refractivity (Wildman–Crippen MR) is 82.1 cm³/mol. The Labute approximate surface area is 144 Å². The molecule has 0 saturated carbocycles. The molecule has 0 aliphatic heterocycles. The molecule has 0 aromatic heterocycles. The second-order valence-corrected chi connectivity index (χ2v) is 5.11. The Balaban J connectivity index is 1.90. The number of halogens is 5. The third-order valence-corrected chi connectivity index (χ3v) is 3.24. The number of hydrogen-bond acceptors (Lipinski definition) is 3. The van der Waals surface area contributed by atoms with Gasteiger partial charge in [0.25, 0.3) is 0 Å². The number of rotatable bonds is 5. The van der Waals surface area contributed by atoms with Crippen LogP contribution in [0.5, 0.6) is 0 Å². The highest BCUT2D eigenvalue weighted by atomic mass is 19.4. The Morgan fingerprint density at radius 1 is 0.962 bits per heavy atom. The van der Waals surface area contributed by atoms with E-state index in [9.17, 15) is 31.5 Å². The largest absolute Gasteiger partial charge is 0.454 e. The molecule has 0 unspecified atom stereocenters. The van der Waals surface area contributed by atoms with Crippen LogP contribution in [0.25, 0.3) is 6.08 Å². The summed E-state index contributed by atoms with van der Waals surface area (Å²) < 4.78 is 67.8. The molecule has 2 rings (SSSR count). The van der Waals surface area contributed by atoms with Crippen molar-refractivity contribution in [2.45, 2.75) is 6.18 Å². The Kier molecular flexibility index (Phi) is 5.86. The van der Waals surface area contributed by atoms with Crippen molar-refractivity contribution in [1.82, 2.24) is 0 Å². The van der Waals surface area contributed by atoms with Gasteiger partial charge in [0.2, 0.25) is 0 Å². The van der Waals surface area contributed by atoms with Gasteiger partial charge < -0.3 is 4.74 Å². The Bertz CT molecular complexity index is 839. The third kappa shape index (κ3) is 5.23. The SMILES string of the molecule is O=C(C=Cc1ccc(C(F)(F)F)cc1)OCC(=O)c1ccc(F)c(F)c1. The molecule has 0 atom stereocenters. The molecular formula is C18H11F5O3. The predicted octanol–water partition coefficient (Wildman–Crippen LogP) is 4.42. The molecule has 0 aliphatic rings. The van der Waals surface area contributed by atoms with E-state index in [1.165, 1.54) is 18.2 Å². The lowest BCUT2D eigenvalue weighted by atomic mass is 10.1. The van der Waals surface area contributed by atoms with Gasteiger partial charge in [-0.15, -0.1) is 0 Å². The van der Waals surface area contributed by atoms with Crippen LogP contribution in [0.1, 0.15) is 21.5 Å². The third-order valence-electron chi connectivity index (χ3n) is 3.24. The minimum absolute atomic E-state index is 0.164. The van der Waals surface area contributed by atoms with Crippen molar-refractivity contribution in [2.24, 2.45) is 0 Å². The summed E-state index contributed by atoms with van der Waals surface area (Å²) >= 11 is 0. The van der Waals surface area contributed by atoms with Crippen LogP contribution < -0.4 is 0 Å². The fourth-order valence-corrected chi connectivity index (χ4v) is 1.89. The number of alkyl halides is 3. The molecule has 26 heavy (non-hydrogen) atoms. The van der Waals surface area contributed by atoms with E-state index in [4.69, 9.17) is 0 Å². The maximum absolute atomic E-state index is 13.0. The summed E-state index contributed by atoms with van der Waals surface area (Å²) in [6.07, 6.45) is -2.31. The molecule has 136 valence electrons. The highest BCUT2D eigenvalue weighted by molar-refractivity contribution is 5.98. The lowest BCUT2D eigenvalue weighted by Crippen LogP contribution is -2.13. The van der Waals surface area contributed by atoms with E-state index in [0.29, 0.717) is 11.6 Å². The van der Waals surface area contributed by atoms with Gasteiger partial charge in [-0.05, 0) is 42.0 Å². The standard InChI is InChI=1S/C18H11F5O3/c19-14-7-4-12(9-15(14)20)16(24)10-26-17(25)8-3-11-1-5-13(6-2-11)18(21,22)23/h1-9H,10H2. The minimum Gasteiger partial charge on any atom is -0.454 e. The summed E-state index contributed by atoms with van der Waals surface area (Å²) in [4.78, 5) is 23.2. The zero-order valence-electron chi connectivity index (χ0n) is 13.0. The van der Waals surface area contributed by atoms with Gasteiger partial charge in [-0.3, -0.25) is 4.79 Å². The summed E-state index contributed by atoms with van der Waals surface area (Å²) in [6, 6.07) is 6.55. The van der Waals surface area contributed by atoms with Crippen LogP contribution in [0.3, 0.4) is 0 Å². The molecule has 0 fully saturated rings. The molecule has 0 saturated heterocycles. The van der Waals surface area contributed by atoms with Crippen LogP contribution in [-0.4, -0.2) is 18.4 Å². The van der Waals surface area contributed by atoms with E-state index in [1.807, 2.05) is 0 Å². The van der Waals surface area contributed by atoms with Crippen molar-refractivity contribution in [2.75, 3.05) is 6.61 Å². The fraction of sp³-hybridized carbons (Fsp3) is 0.111. The first-order valence-corrected chi connectivity index (χ1v) is 7.17. The topological polar surface area (TPSA) is 43.4 Å². The van der Waals surface area contributed by atoms with Crippen LogP contribution in [0, 0.1) is 11.6 Å². The van der Waals surface area contributed by atoms with Gasteiger partial charge in [-0.2, -0.15) is 13.2 Å². The van der Waals surface area contributed by atoms with Crippen LogP contribution in [0.15, 0.2) is 48.5 Å². The van der Waals surface area contributed by atoms with E-state index < -0.39 is 41.7 Å². The van der Waals surface area contributed by atoms with E-state index in [1.54, 1.807) is 0 Å². The average Bonchev–Trinajstić information content (AvgIpc) is 2.59. The van der Waals surface area contributed by atoms with Crippen molar-refractivity contribution in [3.63, 3.8) is 0 Å². The smallest absolute Gasteiger partial charge is 0.416 e. The van der Waals surface area contributed by atoms with Gasteiger partial charge in [-0.25, -0.2) is 13.6 Å². The summed E-state index contributed by atoms with van der Waals surface area (Å²) in [5, 5.41) is 0. The second kappa shape index (κ2) is 7.90. The normalized spacial score (nSPS) is 11.6. The van der Waals surface area contributed by atoms with Gasteiger partial charge in [0.05, 0.1) is 5.56 Å². The van der Waals surface area contributed by atoms with Gasteiger partial charge >= 0.3 is 12.1 Å². The first kappa shape index (κ1) is 19.3. The molecule has 2 aromatic rings. The monoisotopic (exact) mass is 370 g/mol. The number of hydrogen-bond donors (Lipinski definition) is 0. The number of carbonyl (C=O) groups is 2. The lowest BCUT2D eigenvalue weighted by Gasteiger charge is -2.06. The molecular weight excluding hydrogens is 359 g/mol. The van der Waals surface area contributed by atoms with Gasteiger partial charge in [0.15, 0.2) is 24.0 Å². The molecule has 3 nitrogen and oxygen atoms in total. The first-order chi connectivity index (χ1) is 12.2. The highest BCUT2D eigenvalue weighted by Crippen LogP contribution is 2.29. The maximum atomic E-state index is 13.0. The van der Waals surface area contributed by atoms with Crippen LogP contribution in [-0.2, 0) is 15.7 Å². The molecule has 8 heteroatoms. The van der Waals surface area contributed by atoms with Crippen molar-refractivity contribution < 1.29 is 36.3 Å². The summed E-state index contributed by atoms with van der Waals surface area (Å²) in [7, 11) is 0. The summed E-state index contributed by atoms with van der Waals surface area (Å²) in [5.41, 5.74) is -0.667. The lowest BCUT2D eigenvalue weighted by molar-refractivity contribution is -0.138. The molecule has 0 spiro atoms. The number of Topliss-reactive ketones (excluding diaryl/α,β-unsaturated/α-hetero) is 1. The Morgan fingerprint density at radius 3 is 2.19 bits per heavy atom. The molecule has 0 bridgehead atoms. The first-order valence-electron chi connectivity index (χ1n) is 7.17. The van der Waals surface area contributed by atoms with E-state index in [-0.39, 0.29) is 5.56 Å². The second-order valence-electron chi connectivity index (χ2n) is 5.11. The highest BCUT2D eigenvalue weighted by Gasteiger charge is 2.29. The van der Waals surface area contributed by atoms with Crippen LogP contribution in [0.4, 0.5) is 22.0 Å². The van der Waals surface area contributed by atoms with Crippen molar-refractivity contribution in [3.05, 3.63) is 76.9 Å². The Morgan fingerprint density at radius 2 is 1.62 bits per heavy atom. The fourth-order valence-electron chi connectivity index (χ4n) is 1.89. The van der Waals surface area contributed by atoms with Gasteiger partial charge in [0.1, 0.15) is 0 Å². The Hall–Kier alpha value is -3.03. The van der Waals surface area contributed by atoms with Gasteiger partial charge in [-0.1, -0.05) is 12.1 Å². The van der Waals surface area contributed by atoms with E-state index in [2.05, 4.69) is 4.74 Å². The van der Waals surface area contributed by atoms with E-state index >= 15 is 0 Å². The van der Waals surface area contributed by atoms with Crippen molar-refractivity contribution >= 4 is 17.8 Å². The molecule has 0 heterocycles. The van der Waals surface area contributed by atoms with E-state index in [0.717, 1.165) is 30.3 Å². The van der Waals surface area contributed by atoms with Crippen LogP contribution >= 0.6 is 0 Å². The zero-order valence-corrected chi connectivity index (χ0v) is 13.0. The molecule has 0 amide bonds. The number of esters is 1. The number of benzene rings is 2. The molecule has 2 aromatic carbocycles. The molecule has 0 radical (unpaired) electrons. The quantitative estimate of drug-likeness (QED) is 0.339.